The third-order valence-corrected chi connectivity index (χ3v) is 3.93. The summed E-state index contributed by atoms with van der Waals surface area (Å²) in [6, 6.07) is 10.6. The molecule has 1 fully saturated rings. The Morgan fingerprint density at radius 1 is 1.27 bits per heavy atom. The molecule has 0 aliphatic heterocycles. The van der Waals surface area contributed by atoms with Crippen LogP contribution in [0.1, 0.15) is 24.0 Å². The van der Waals surface area contributed by atoms with Crippen molar-refractivity contribution >= 4 is 11.2 Å². The Kier molecular flexibility index (Phi) is 2.83. The van der Waals surface area contributed by atoms with Gasteiger partial charge >= 0.3 is 0 Å². The summed E-state index contributed by atoms with van der Waals surface area (Å²) in [6.45, 7) is 2.06. The summed E-state index contributed by atoms with van der Waals surface area (Å²) in [5.41, 5.74) is 5.55. The van der Waals surface area contributed by atoms with Crippen LogP contribution in [0.3, 0.4) is 0 Å². The maximum atomic E-state index is 8.96. The van der Waals surface area contributed by atoms with Gasteiger partial charge in [0.2, 0.25) is 0 Å². The average Bonchev–Trinajstić information content (AvgIpc) is 3.25. The maximum absolute atomic E-state index is 8.96. The number of nitriles is 1. The Morgan fingerprint density at radius 3 is 2.91 bits per heavy atom. The van der Waals surface area contributed by atoms with Gasteiger partial charge in [0.25, 0.3) is 0 Å². The molecular weight excluding hydrogens is 274 g/mol. The van der Waals surface area contributed by atoms with Crippen molar-refractivity contribution in [2.24, 2.45) is 0 Å². The molecule has 5 heteroatoms. The van der Waals surface area contributed by atoms with Gasteiger partial charge in [-0.2, -0.15) is 10.4 Å². The number of hydrogen-bond acceptors (Lipinski definition) is 4. The fraction of sp³-hybridized carbons (Fsp3) is 0.235. The van der Waals surface area contributed by atoms with Crippen molar-refractivity contribution in [3.8, 4) is 17.5 Å². The van der Waals surface area contributed by atoms with Crippen LogP contribution in [0, 0.1) is 18.3 Å². The monoisotopic (exact) mass is 289 g/mol. The fourth-order valence-electron chi connectivity index (χ4n) is 2.52. The van der Waals surface area contributed by atoms with Gasteiger partial charge in [-0.1, -0.05) is 0 Å². The molecule has 1 aliphatic rings. The Labute approximate surface area is 128 Å². The molecule has 5 nitrogen and oxygen atoms in total. The Balaban J connectivity index is 1.79. The molecule has 1 N–H and O–H groups in total. The maximum Gasteiger partial charge on any atom is 0.101 e. The van der Waals surface area contributed by atoms with E-state index < -0.39 is 0 Å². The Morgan fingerprint density at radius 2 is 2.14 bits per heavy atom. The first kappa shape index (κ1) is 12.8. The number of nitrogens with zero attached hydrogens (tertiary/aromatic N) is 4. The zero-order chi connectivity index (χ0) is 15.1. The molecule has 108 valence electrons. The minimum atomic E-state index is 0.560. The van der Waals surface area contributed by atoms with Gasteiger partial charge in [0.1, 0.15) is 6.07 Å². The quantitative estimate of drug-likeness (QED) is 0.804. The number of aryl methyl sites for hydroxylation is 1. The molecule has 3 aromatic rings. The van der Waals surface area contributed by atoms with Crippen molar-refractivity contribution in [2.45, 2.75) is 25.8 Å². The fourth-order valence-corrected chi connectivity index (χ4v) is 2.52. The van der Waals surface area contributed by atoms with Gasteiger partial charge < -0.3 is 5.32 Å². The van der Waals surface area contributed by atoms with Gasteiger partial charge in [-0.25, -0.2) is 4.52 Å². The number of aromatic nitrogens is 3. The first-order chi connectivity index (χ1) is 10.7. The van der Waals surface area contributed by atoms with Crippen molar-refractivity contribution < 1.29 is 0 Å². The second-order valence-electron chi connectivity index (χ2n) is 5.71. The van der Waals surface area contributed by atoms with Crippen LogP contribution >= 0.6 is 0 Å². The van der Waals surface area contributed by atoms with Crippen molar-refractivity contribution in [1.82, 2.24) is 14.6 Å². The van der Waals surface area contributed by atoms with Crippen molar-refractivity contribution in [3.63, 3.8) is 0 Å². The standard InChI is InChI=1S/C17H15N5/c1-11-9-19-16(7-15(11)21-13-2-3-13)17-5-4-14-6-12(8-18)10-20-22(14)17/h4-7,9-10,13H,2-3H2,1H3,(H,19,21). The smallest absolute Gasteiger partial charge is 0.101 e. The van der Waals surface area contributed by atoms with Crippen LogP contribution < -0.4 is 5.32 Å². The van der Waals surface area contributed by atoms with Crippen LogP contribution in [0.2, 0.25) is 0 Å². The summed E-state index contributed by atoms with van der Waals surface area (Å²) in [6.07, 6.45) is 5.95. The molecule has 3 aromatic heterocycles. The third kappa shape index (κ3) is 2.19. The summed E-state index contributed by atoms with van der Waals surface area (Å²) in [4.78, 5) is 4.54. The van der Waals surface area contributed by atoms with Gasteiger partial charge in [-0.15, -0.1) is 0 Å². The van der Waals surface area contributed by atoms with E-state index in [1.807, 2.05) is 28.9 Å². The molecule has 0 amide bonds. The molecular formula is C17H15N5. The number of anilines is 1. The van der Waals surface area contributed by atoms with Crippen LogP contribution in [-0.2, 0) is 0 Å². The van der Waals surface area contributed by atoms with E-state index in [2.05, 4.69) is 34.5 Å². The van der Waals surface area contributed by atoms with E-state index in [-0.39, 0.29) is 0 Å². The second-order valence-corrected chi connectivity index (χ2v) is 5.71. The van der Waals surface area contributed by atoms with Gasteiger partial charge in [0, 0.05) is 17.9 Å². The Hall–Kier alpha value is -2.87. The highest BCUT2D eigenvalue weighted by atomic mass is 15.2. The van der Waals surface area contributed by atoms with Gasteiger partial charge in [-0.05, 0) is 49.6 Å². The Bertz CT molecular complexity index is 899. The molecule has 0 radical (unpaired) electrons. The molecule has 22 heavy (non-hydrogen) atoms. The normalized spacial score (nSPS) is 14.0. The number of fused-ring (bicyclic) bond motifs is 1. The van der Waals surface area contributed by atoms with E-state index in [4.69, 9.17) is 5.26 Å². The largest absolute Gasteiger partial charge is 0.382 e. The number of pyridine rings is 1. The molecule has 0 aromatic carbocycles. The lowest BCUT2D eigenvalue weighted by Crippen LogP contribution is -2.04. The van der Waals surface area contributed by atoms with Crippen LogP contribution in [0.15, 0.2) is 36.7 Å². The van der Waals surface area contributed by atoms with Crippen molar-refractivity contribution in [1.29, 1.82) is 5.26 Å². The highest BCUT2D eigenvalue weighted by Crippen LogP contribution is 2.29. The first-order valence-electron chi connectivity index (χ1n) is 7.36. The third-order valence-electron chi connectivity index (χ3n) is 3.93. The predicted octanol–water partition coefficient (Wildman–Crippen LogP) is 3.15. The van der Waals surface area contributed by atoms with E-state index in [1.165, 1.54) is 12.8 Å². The predicted molar refractivity (Wildman–Crippen MR) is 84.5 cm³/mol. The summed E-state index contributed by atoms with van der Waals surface area (Å²) >= 11 is 0. The zero-order valence-corrected chi connectivity index (χ0v) is 12.2. The number of rotatable bonds is 3. The van der Waals surface area contributed by atoms with Crippen molar-refractivity contribution in [3.05, 3.63) is 47.8 Å². The molecule has 0 saturated heterocycles. The minimum Gasteiger partial charge on any atom is -0.382 e. The lowest BCUT2D eigenvalue weighted by atomic mass is 10.2. The SMILES string of the molecule is Cc1cnc(-c2ccc3cc(C#N)cnn23)cc1NC1CC1. The van der Waals surface area contributed by atoms with Crippen LogP contribution in [0.5, 0.6) is 0 Å². The van der Waals surface area contributed by atoms with Crippen LogP contribution in [0.25, 0.3) is 16.9 Å². The van der Waals surface area contributed by atoms with E-state index in [0.29, 0.717) is 11.6 Å². The van der Waals surface area contributed by atoms with Gasteiger partial charge in [0.05, 0.1) is 28.7 Å². The molecule has 1 aliphatic carbocycles. The van der Waals surface area contributed by atoms with E-state index in [9.17, 15) is 0 Å². The number of nitrogens with one attached hydrogen (secondary N) is 1. The lowest BCUT2D eigenvalue weighted by Gasteiger charge is -2.10. The second kappa shape index (κ2) is 4.85. The zero-order valence-electron chi connectivity index (χ0n) is 12.2. The molecule has 3 heterocycles. The molecule has 1 saturated carbocycles. The summed E-state index contributed by atoms with van der Waals surface area (Å²) in [5.74, 6) is 0. The number of hydrogen-bond donors (Lipinski definition) is 1. The highest BCUT2D eigenvalue weighted by molar-refractivity contribution is 5.68. The molecule has 4 rings (SSSR count). The minimum absolute atomic E-state index is 0.560. The van der Waals surface area contributed by atoms with Crippen molar-refractivity contribution in [2.75, 3.05) is 5.32 Å². The molecule has 0 atom stereocenters. The average molecular weight is 289 g/mol. The summed E-state index contributed by atoms with van der Waals surface area (Å²) < 4.78 is 1.82. The van der Waals surface area contributed by atoms with Crippen LogP contribution in [0.4, 0.5) is 5.69 Å². The highest BCUT2D eigenvalue weighted by Gasteiger charge is 2.22. The molecule has 0 bridgehead atoms. The lowest BCUT2D eigenvalue weighted by molar-refractivity contribution is 0.939. The molecule has 0 spiro atoms. The van der Waals surface area contributed by atoms with E-state index in [1.54, 1.807) is 6.20 Å². The van der Waals surface area contributed by atoms with Gasteiger partial charge in [-0.3, -0.25) is 4.98 Å². The molecule has 0 unspecified atom stereocenters. The summed E-state index contributed by atoms with van der Waals surface area (Å²) in [5, 5.41) is 16.8. The van der Waals surface area contributed by atoms with Crippen LogP contribution in [-0.4, -0.2) is 20.6 Å². The van der Waals surface area contributed by atoms with E-state index >= 15 is 0 Å². The topological polar surface area (TPSA) is 66.0 Å². The van der Waals surface area contributed by atoms with Gasteiger partial charge in [0.15, 0.2) is 0 Å². The summed E-state index contributed by atoms with van der Waals surface area (Å²) in [7, 11) is 0. The first-order valence-corrected chi connectivity index (χ1v) is 7.36. The van der Waals surface area contributed by atoms with E-state index in [0.717, 1.165) is 28.2 Å².